The summed E-state index contributed by atoms with van der Waals surface area (Å²) in [5, 5.41) is 9.36. The second kappa shape index (κ2) is 5.93. The van der Waals surface area contributed by atoms with Gasteiger partial charge in [0.25, 0.3) is 0 Å². The molecule has 3 aromatic rings. The van der Waals surface area contributed by atoms with Gasteiger partial charge >= 0.3 is 0 Å². The van der Waals surface area contributed by atoms with Crippen LogP contribution in [0.1, 0.15) is 5.56 Å². The van der Waals surface area contributed by atoms with Gasteiger partial charge < -0.3 is 14.6 Å². The Kier molecular flexibility index (Phi) is 3.83. The Bertz CT molecular complexity index is 723. The molecular weight excluding hydrogens is 264 g/mol. The lowest BCUT2D eigenvalue weighted by Gasteiger charge is -2.23. The van der Waals surface area contributed by atoms with Crippen LogP contribution in [0.2, 0.25) is 0 Å². The lowest BCUT2D eigenvalue weighted by Crippen LogP contribution is -2.27. The minimum Gasteiger partial charge on any atom is -0.395 e. The van der Waals surface area contributed by atoms with Crippen LogP contribution >= 0.6 is 0 Å². The van der Waals surface area contributed by atoms with Gasteiger partial charge in [-0.05, 0) is 11.6 Å². The van der Waals surface area contributed by atoms with Gasteiger partial charge in [-0.25, -0.2) is 9.97 Å². The van der Waals surface area contributed by atoms with E-state index in [0.29, 0.717) is 13.1 Å². The molecule has 5 heteroatoms. The Morgan fingerprint density at radius 1 is 1.14 bits per heavy atom. The minimum atomic E-state index is 0.0811. The van der Waals surface area contributed by atoms with Crippen molar-refractivity contribution in [1.29, 1.82) is 0 Å². The minimum absolute atomic E-state index is 0.0811. The van der Waals surface area contributed by atoms with Gasteiger partial charge in [0.05, 0.1) is 18.5 Å². The lowest BCUT2D eigenvalue weighted by molar-refractivity contribution is 0.301. The zero-order chi connectivity index (χ0) is 14.7. The zero-order valence-corrected chi connectivity index (χ0v) is 12.0. The van der Waals surface area contributed by atoms with Crippen LogP contribution in [0.15, 0.2) is 48.9 Å². The molecule has 0 amide bonds. The van der Waals surface area contributed by atoms with E-state index in [4.69, 9.17) is 0 Å². The molecule has 108 valence electrons. The van der Waals surface area contributed by atoms with Crippen molar-refractivity contribution in [2.45, 2.75) is 6.54 Å². The van der Waals surface area contributed by atoms with Crippen molar-refractivity contribution in [1.82, 2.24) is 14.5 Å². The molecule has 1 aromatic carbocycles. The Balaban J connectivity index is 1.99. The Labute approximate surface area is 123 Å². The molecule has 0 fully saturated rings. The van der Waals surface area contributed by atoms with Crippen molar-refractivity contribution in [3.05, 3.63) is 54.5 Å². The molecule has 21 heavy (non-hydrogen) atoms. The van der Waals surface area contributed by atoms with Crippen molar-refractivity contribution >= 4 is 16.9 Å². The van der Waals surface area contributed by atoms with Gasteiger partial charge in [0.15, 0.2) is 5.82 Å². The van der Waals surface area contributed by atoms with Crippen LogP contribution in [0.5, 0.6) is 0 Å². The molecule has 1 N–H and O–H groups in total. The van der Waals surface area contributed by atoms with Gasteiger partial charge in [0.1, 0.15) is 5.52 Å². The second-order valence-electron chi connectivity index (χ2n) is 4.99. The molecule has 0 aliphatic carbocycles. The van der Waals surface area contributed by atoms with Crippen LogP contribution < -0.4 is 4.90 Å². The first-order valence-corrected chi connectivity index (χ1v) is 6.95. The van der Waals surface area contributed by atoms with E-state index in [1.807, 2.05) is 35.9 Å². The first-order valence-electron chi connectivity index (χ1n) is 6.95. The van der Waals surface area contributed by atoms with Crippen LogP contribution in [0.4, 0.5) is 5.82 Å². The van der Waals surface area contributed by atoms with E-state index in [9.17, 15) is 5.11 Å². The molecule has 0 saturated carbocycles. The topological polar surface area (TPSA) is 54.2 Å². The van der Waals surface area contributed by atoms with Gasteiger partial charge in [-0.15, -0.1) is 0 Å². The summed E-state index contributed by atoms with van der Waals surface area (Å²) in [7, 11) is 1.96. The number of anilines is 1. The maximum Gasteiger partial charge on any atom is 0.157 e. The highest BCUT2D eigenvalue weighted by atomic mass is 16.3. The Morgan fingerprint density at radius 2 is 1.95 bits per heavy atom. The predicted molar refractivity (Wildman–Crippen MR) is 83.1 cm³/mol. The molecule has 0 spiro atoms. The van der Waals surface area contributed by atoms with E-state index >= 15 is 0 Å². The van der Waals surface area contributed by atoms with Crippen molar-refractivity contribution in [3.8, 4) is 0 Å². The number of fused-ring (bicyclic) bond motifs is 1. The summed E-state index contributed by atoms with van der Waals surface area (Å²) in [5.41, 5.74) is 3.08. The maximum atomic E-state index is 9.36. The lowest BCUT2D eigenvalue weighted by atomic mass is 10.2. The molecule has 0 saturated heterocycles. The van der Waals surface area contributed by atoms with Gasteiger partial charge in [-0.3, -0.25) is 0 Å². The molecular formula is C16H18N4O. The number of aryl methyl sites for hydroxylation is 1. The molecule has 2 aromatic heterocycles. The number of nitrogens with zero attached hydrogens (tertiary/aromatic N) is 4. The summed E-state index contributed by atoms with van der Waals surface area (Å²) < 4.78 is 1.97. The van der Waals surface area contributed by atoms with Crippen molar-refractivity contribution in [2.24, 2.45) is 7.05 Å². The van der Waals surface area contributed by atoms with Gasteiger partial charge in [-0.1, -0.05) is 30.3 Å². The van der Waals surface area contributed by atoms with Crippen LogP contribution in [0.25, 0.3) is 11.0 Å². The number of rotatable bonds is 5. The summed E-state index contributed by atoms with van der Waals surface area (Å²) >= 11 is 0. The Morgan fingerprint density at radius 3 is 2.71 bits per heavy atom. The highest BCUT2D eigenvalue weighted by Gasteiger charge is 2.14. The number of aliphatic hydroxyl groups is 1. The smallest absolute Gasteiger partial charge is 0.157 e. The summed E-state index contributed by atoms with van der Waals surface area (Å²) in [4.78, 5) is 11.0. The normalized spacial score (nSPS) is 11.0. The molecule has 0 radical (unpaired) electrons. The molecule has 0 unspecified atom stereocenters. The SMILES string of the molecule is Cn1cnc2c(N(CCO)Cc3ccccc3)nccc21. The number of imidazole rings is 1. The van der Waals surface area contributed by atoms with Crippen LogP contribution in [-0.4, -0.2) is 32.8 Å². The molecule has 0 bridgehead atoms. The van der Waals surface area contributed by atoms with Crippen molar-refractivity contribution in [3.63, 3.8) is 0 Å². The molecule has 0 aliphatic heterocycles. The molecule has 0 atom stereocenters. The number of hydrogen-bond acceptors (Lipinski definition) is 4. The number of pyridine rings is 1. The van der Waals surface area contributed by atoms with E-state index in [1.54, 1.807) is 12.5 Å². The average Bonchev–Trinajstić information content (AvgIpc) is 2.90. The van der Waals surface area contributed by atoms with Gasteiger partial charge in [0, 0.05) is 26.3 Å². The number of benzene rings is 1. The molecule has 3 rings (SSSR count). The van der Waals surface area contributed by atoms with Crippen molar-refractivity contribution in [2.75, 3.05) is 18.1 Å². The first kappa shape index (κ1) is 13.6. The third kappa shape index (κ3) is 2.73. The number of aromatic nitrogens is 3. The van der Waals surface area contributed by atoms with Crippen LogP contribution in [0, 0.1) is 0 Å². The zero-order valence-electron chi connectivity index (χ0n) is 12.0. The molecule has 0 aliphatic rings. The maximum absolute atomic E-state index is 9.36. The highest BCUT2D eigenvalue weighted by Crippen LogP contribution is 2.23. The van der Waals surface area contributed by atoms with E-state index in [1.165, 1.54) is 5.56 Å². The average molecular weight is 282 g/mol. The first-order chi connectivity index (χ1) is 10.3. The fraction of sp³-hybridized carbons (Fsp3) is 0.250. The molecule has 5 nitrogen and oxygen atoms in total. The second-order valence-corrected chi connectivity index (χ2v) is 4.99. The monoisotopic (exact) mass is 282 g/mol. The third-order valence-electron chi connectivity index (χ3n) is 3.51. The number of aliphatic hydroxyl groups excluding tert-OH is 1. The van der Waals surface area contributed by atoms with Gasteiger partial charge in [-0.2, -0.15) is 0 Å². The largest absolute Gasteiger partial charge is 0.395 e. The fourth-order valence-corrected chi connectivity index (χ4v) is 2.46. The van der Waals surface area contributed by atoms with Crippen molar-refractivity contribution < 1.29 is 5.11 Å². The van der Waals surface area contributed by atoms with Gasteiger partial charge in [0.2, 0.25) is 0 Å². The third-order valence-corrected chi connectivity index (χ3v) is 3.51. The summed E-state index contributed by atoms with van der Waals surface area (Å²) in [6.07, 6.45) is 3.57. The van der Waals surface area contributed by atoms with E-state index in [0.717, 1.165) is 16.9 Å². The van der Waals surface area contributed by atoms with E-state index in [-0.39, 0.29) is 6.61 Å². The van der Waals surface area contributed by atoms with Crippen LogP contribution in [-0.2, 0) is 13.6 Å². The fourth-order valence-electron chi connectivity index (χ4n) is 2.46. The standard InChI is InChI=1S/C16H18N4O/c1-19-12-18-15-14(19)7-8-17-16(15)20(9-10-21)11-13-5-3-2-4-6-13/h2-8,12,21H,9-11H2,1H3. The van der Waals surface area contributed by atoms with Crippen LogP contribution in [0.3, 0.4) is 0 Å². The molecule has 2 heterocycles. The predicted octanol–water partition coefficient (Wildman–Crippen LogP) is 1.97. The quantitative estimate of drug-likeness (QED) is 0.777. The summed E-state index contributed by atoms with van der Waals surface area (Å²) in [6.45, 7) is 1.30. The van der Waals surface area contributed by atoms with E-state index in [2.05, 4.69) is 27.0 Å². The summed E-state index contributed by atoms with van der Waals surface area (Å²) in [5.74, 6) is 0.811. The highest BCUT2D eigenvalue weighted by molar-refractivity contribution is 5.86. The number of hydrogen-bond donors (Lipinski definition) is 1. The van der Waals surface area contributed by atoms with E-state index < -0.39 is 0 Å². The Hall–Kier alpha value is -2.40. The summed E-state index contributed by atoms with van der Waals surface area (Å²) in [6, 6.07) is 12.1.